The van der Waals surface area contributed by atoms with Crippen LogP contribution >= 0.6 is 0 Å². The van der Waals surface area contributed by atoms with Crippen molar-refractivity contribution in [3.05, 3.63) is 24.9 Å². The number of methoxy groups -OCH3 is 1. The lowest BCUT2D eigenvalue weighted by Gasteiger charge is -2.01. The number of carbonyl (C=O) groups excluding carboxylic acids is 1. The minimum absolute atomic E-state index is 0.198. The minimum atomic E-state index is -0.353. The molecule has 0 aliphatic heterocycles. The highest BCUT2D eigenvalue weighted by atomic mass is 16.5. The van der Waals surface area contributed by atoms with Crippen molar-refractivity contribution in [3.63, 3.8) is 0 Å². The van der Waals surface area contributed by atoms with Gasteiger partial charge in [0.25, 0.3) is 0 Å². The first-order valence-corrected chi connectivity index (χ1v) is 3.56. The zero-order valence-electron chi connectivity index (χ0n) is 7.15. The van der Waals surface area contributed by atoms with Crippen LogP contribution in [0.4, 0.5) is 5.95 Å². The van der Waals surface area contributed by atoms with E-state index in [9.17, 15) is 4.79 Å². The topological polar surface area (TPSA) is 64.1 Å². The summed E-state index contributed by atoms with van der Waals surface area (Å²) in [5.41, 5.74) is 0. The highest BCUT2D eigenvalue weighted by Crippen LogP contribution is 2.06. The van der Waals surface area contributed by atoms with Gasteiger partial charge in [0, 0.05) is 12.3 Å². The average Bonchev–Trinajstić information content (AvgIpc) is 2.18. The second kappa shape index (κ2) is 4.20. The molecule has 5 heteroatoms. The van der Waals surface area contributed by atoms with E-state index in [0.29, 0.717) is 5.88 Å². The lowest BCUT2D eigenvalue weighted by atomic mass is 10.6. The molecule has 0 atom stereocenters. The number of rotatable bonds is 3. The van der Waals surface area contributed by atoms with Gasteiger partial charge in [0.15, 0.2) is 0 Å². The molecular formula is C8H9N3O2. The summed E-state index contributed by atoms with van der Waals surface area (Å²) in [6.45, 7) is 3.30. The van der Waals surface area contributed by atoms with Crippen LogP contribution in [0.3, 0.4) is 0 Å². The molecule has 1 N–H and O–H groups in total. The Hall–Kier alpha value is -1.91. The van der Waals surface area contributed by atoms with E-state index in [2.05, 4.69) is 21.9 Å². The number of hydrogen-bond donors (Lipinski definition) is 1. The molecule has 1 aromatic heterocycles. The zero-order valence-corrected chi connectivity index (χ0v) is 7.15. The molecule has 0 saturated carbocycles. The summed E-state index contributed by atoms with van der Waals surface area (Å²) in [6, 6.07) is 1.59. The maximum absolute atomic E-state index is 10.8. The molecule has 1 rings (SSSR count). The van der Waals surface area contributed by atoms with Crippen LogP contribution in [0.1, 0.15) is 0 Å². The first kappa shape index (κ1) is 9.18. The second-order valence-electron chi connectivity index (χ2n) is 2.12. The molecule has 1 amide bonds. The van der Waals surface area contributed by atoms with Gasteiger partial charge >= 0.3 is 0 Å². The molecule has 0 saturated heterocycles. The largest absolute Gasteiger partial charge is 0.481 e. The Labute approximate surface area is 75.5 Å². The van der Waals surface area contributed by atoms with Crippen LogP contribution < -0.4 is 10.1 Å². The Bertz CT molecular complexity index is 325. The Morgan fingerprint density at radius 3 is 3.15 bits per heavy atom. The van der Waals surface area contributed by atoms with Crippen molar-refractivity contribution in [3.8, 4) is 5.88 Å². The number of anilines is 1. The molecule has 13 heavy (non-hydrogen) atoms. The number of nitrogens with zero attached hydrogens (tertiary/aromatic N) is 2. The van der Waals surface area contributed by atoms with Crippen molar-refractivity contribution < 1.29 is 9.53 Å². The normalized spacial score (nSPS) is 9.00. The van der Waals surface area contributed by atoms with Gasteiger partial charge in [0.1, 0.15) is 0 Å². The quantitative estimate of drug-likeness (QED) is 0.690. The van der Waals surface area contributed by atoms with Gasteiger partial charge in [-0.05, 0) is 6.08 Å². The SMILES string of the molecule is C=CC(=O)Nc1nccc(OC)n1. The van der Waals surface area contributed by atoms with E-state index in [-0.39, 0.29) is 11.9 Å². The van der Waals surface area contributed by atoms with Gasteiger partial charge in [-0.15, -0.1) is 0 Å². The van der Waals surface area contributed by atoms with Gasteiger partial charge in [-0.2, -0.15) is 4.98 Å². The molecule has 0 aliphatic rings. The Morgan fingerprint density at radius 2 is 2.54 bits per heavy atom. The predicted molar refractivity (Wildman–Crippen MR) is 47.4 cm³/mol. The maximum Gasteiger partial charge on any atom is 0.250 e. The molecule has 1 heterocycles. The Kier molecular flexibility index (Phi) is 2.97. The van der Waals surface area contributed by atoms with Crippen LogP contribution in [-0.4, -0.2) is 23.0 Å². The first-order chi connectivity index (χ1) is 6.26. The summed E-state index contributed by atoms with van der Waals surface area (Å²) in [5, 5.41) is 2.41. The molecular weight excluding hydrogens is 170 g/mol. The van der Waals surface area contributed by atoms with Gasteiger partial charge in [-0.1, -0.05) is 6.58 Å². The smallest absolute Gasteiger partial charge is 0.250 e. The minimum Gasteiger partial charge on any atom is -0.481 e. The second-order valence-corrected chi connectivity index (χ2v) is 2.12. The Balaban J connectivity index is 2.77. The molecule has 5 nitrogen and oxygen atoms in total. The molecule has 0 bridgehead atoms. The van der Waals surface area contributed by atoms with Crippen molar-refractivity contribution in [2.45, 2.75) is 0 Å². The Morgan fingerprint density at radius 1 is 1.77 bits per heavy atom. The van der Waals surface area contributed by atoms with Crippen LogP contribution in [-0.2, 0) is 4.79 Å². The van der Waals surface area contributed by atoms with Crippen molar-refractivity contribution in [1.82, 2.24) is 9.97 Å². The fraction of sp³-hybridized carbons (Fsp3) is 0.125. The fourth-order valence-corrected chi connectivity index (χ4v) is 0.677. The van der Waals surface area contributed by atoms with E-state index >= 15 is 0 Å². The van der Waals surface area contributed by atoms with E-state index in [1.165, 1.54) is 13.3 Å². The van der Waals surface area contributed by atoms with Crippen molar-refractivity contribution in [1.29, 1.82) is 0 Å². The molecule has 0 aromatic carbocycles. The molecule has 0 spiro atoms. The lowest BCUT2D eigenvalue weighted by molar-refractivity contribution is -0.111. The van der Waals surface area contributed by atoms with Crippen LogP contribution in [0.15, 0.2) is 24.9 Å². The fourth-order valence-electron chi connectivity index (χ4n) is 0.677. The van der Waals surface area contributed by atoms with Crippen molar-refractivity contribution in [2.24, 2.45) is 0 Å². The van der Waals surface area contributed by atoms with E-state index in [4.69, 9.17) is 4.74 Å². The molecule has 0 aliphatic carbocycles. The van der Waals surface area contributed by atoms with Gasteiger partial charge in [-0.3, -0.25) is 10.1 Å². The standard InChI is InChI=1S/C8H9N3O2/c1-3-6(12)10-8-9-5-4-7(11-8)13-2/h3-5H,1H2,2H3,(H,9,10,11,12). The molecule has 0 unspecified atom stereocenters. The van der Waals surface area contributed by atoms with Gasteiger partial charge in [0.2, 0.25) is 17.7 Å². The number of carbonyl (C=O) groups is 1. The first-order valence-electron chi connectivity index (χ1n) is 3.56. The molecule has 0 fully saturated rings. The third-order valence-corrected chi connectivity index (χ3v) is 1.26. The van der Waals surface area contributed by atoms with E-state index < -0.39 is 0 Å². The van der Waals surface area contributed by atoms with Gasteiger partial charge < -0.3 is 4.74 Å². The number of amides is 1. The van der Waals surface area contributed by atoms with Crippen molar-refractivity contribution in [2.75, 3.05) is 12.4 Å². The molecule has 1 aromatic rings. The number of nitrogens with one attached hydrogen (secondary N) is 1. The maximum atomic E-state index is 10.8. The number of aromatic nitrogens is 2. The summed E-state index contributed by atoms with van der Waals surface area (Å²) in [6.07, 6.45) is 2.63. The predicted octanol–water partition coefficient (Wildman–Crippen LogP) is 0.610. The number of ether oxygens (including phenoxy) is 1. The number of hydrogen-bond acceptors (Lipinski definition) is 4. The highest BCUT2D eigenvalue weighted by molar-refractivity contribution is 5.97. The van der Waals surface area contributed by atoms with Crippen LogP contribution in [0.2, 0.25) is 0 Å². The molecule has 0 radical (unpaired) electrons. The van der Waals surface area contributed by atoms with Crippen LogP contribution in [0.5, 0.6) is 5.88 Å². The van der Waals surface area contributed by atoms with E-state index in [1.807, 2.05) is 0 Å². The van der Waals surface area contributed by atoms with Gasteiger partial charge in [-0.25, -0.2) is 4.98 Å². The van der Waals surface area contributed by atoms with E-state index in [0.717, 1.165) is 6.08 Å². The zero-order chi connectivity index (χ0) is 9.68. The summed E-state index contributed by atoms with van der Waals surface area (Å²) < 4.78 is 4.84. The summed E-state index contributed by atoms with van der Waals surface area (Å²) in [4.78, 5) is 18.5. The van der Waals surface area contributed by atoms with Crippen LogP contribution in [0.25, 0.3) is 0 Å². The van der Waals surface area contributed by atoms with E-state index in [1.54, 1.807) is 6.07 Å². The average molecular weight is 179 g/mol. The van der Waals surface area contributed by atoms with Crippen molar-refractivity contribution >= 4 is 11.9 Å². The third kappa shape index (κ3) is 2.55. The monoisotopic (exact) mass is 179 g/mol. The summed E-state index contributed by atoms with van der Waals surface area (Å²) in [5.74, 6) is 0.242. The van der Waals surface area contributed by atoms with Gasteiger partial charge in [0.05, 0.1) is 7.11 Å². The molecule has 68 valence electrons. The lowest BCUT2D eigenvalue weighted by Crippen LogP contribution is -2.10. The summed E-state index contributed by atoms with van der Waals surface area (Å²) in [7, 11) is 1.49. The van der Waals surface area contributed by atoms with Crippen LogP contribution in [0, 0.1) is 0 Å². The summed E-state index contributed by atoms with van der Waals surface area (Å²) >= 11 is 0. The third-order valence-electron chi connectivity index (χ3n) is 1.26. The highest BCUT2D eigenvalue weighted by Gasteiger charge is 2.00.